The van der Waals surface area contributed by atoms with E-state index in [4.69, 9.17) is 0 Å². The van der Waals surface area contributed by atoms with Crippen molar-refractivity contribution >= 4 is 17.1 Å². The predicted molar refractivity (Wildman–Crippen MR) is 88.7 cm³/mol. The molecule has 2 aromatic carbocycles. The first kappa shape index (κ1) is 14.4. The molecule has 20 heavy (non-hydrogen) atoms. The summed E-state index contributed by atoms with van der Waals surface area (Å²) < 4.78 is 0. The SMILES string of the molecule is CCC(Nc1ccc(Nc2ccccc2)cc1)C(C)C. The minimum Gasteiger partial charge on any atom is -0.382 e. The Balaban J connectivity index is 1.99. The van der Waals surface area contributed by atoms with Gasteiger partial charge in [-0.15, -0.1) is 0 Å². The van der Waals surface area contributed by atoms with Gasteiger partial charge in [0.25, 0.3) is 0 Å². The predicted octanol–water partition coefficient (Wildman–Crippen LogP) is 5.28. The minimum absolute atomic E-state index is 0.530. The van der Waals surface area contributed by atoms with Gasteiger partial charge in [0, 0.05) is 23.1 Å². The van der Waals surface area contributed by atoms with Gasteiger partial charge >= 0.3 is 0 Å². The molecule has 0 aliphatic rings. The highest BCUT2D eigenvalue weighted by Crippen LogP contribution is 2.20. The lowest BCUT2D eigenvalue weighted by atomic mass is 10.0. The van der Waals surface area contributed by atoms with Crippen molar-refractivity contribution in [2.75, 3.05) is 10.6 Å². The van der Waals surface area contributed by atoms with E-state index in [9.17, 15) is 0 Å². The molecule has 2 rings (SSSR count). The van der Waals surface area contributed by atoms with Crippen molar-refractivity contribution in [2.45, 2.75) is 33.2 Å². The Morgan fingerprint density at radius 2 is 1.35 bits per heavy atom. The molecule has 2 aromatic rings. The second-order valence-electron chi connectivity index (χ2n) is 5.47. The van der Waals surface area contributed by atoms with E-state index in [1.54, 1.807) is 0 Å². The molecule has 2 nitrogen and oxygen atoms in total. The molecule has 0 radical (unpaired) electrons. The summed E-state index contributed by atoms with van der Waals surface area (Å²) in [5.41, 5.74) is 3.41. The maximum absolute atomic E-state index is 3.59. The summed E-state index contributed by atoms with van der Waals surface area (Å²) in [5, 5.41) is 6.98. The van der Waals surface area contributed by atoms with E-state index in [2.05, 4.69) is 67.8 Å². The fourth-order valence-corrected chi connectivity index (χ4v) is 2.29. The Kier molecular flexibility index (Phi) is 5.05. The number of hydrogen-bond acceptors (Lipinski definition) is 2. The third-order valence-corrected chi connectivity index (χ3v) is 3.54. The van der Waals surface area contributed by atoms with E-state index in [-0.39, 0.29) is 0 Å². The van der Waals surface area contributed by atoms with Crippen LogP contribution in [0, 0.1) is 5.92 Å². The van der Waals surface area contributed by atoms with Crippen LogP contribution in [-0.2, 0) is 0 Å². The van der Waals surface area contributed by atoms with Crippen LogP contribution < -0.4 is 10.6 Å². The summed E-state index contributed by atoms with van der Waals surface area (Å²) in [5.74, 6) is 0.641. The van der Waals surface area contributed by atoms with Crippen LogP contribution in [0.25, 0.3) is 0 Å². The van der Waals surface area contributed by atoms with Gasteiger partial charge in [-0.3, -0.25) is 0 Å². The van der Waals surface area contributed by atoms with Crippen LogP contribution in [0.2, 0.25) is 0 Å². The lowest BCUT2D eigenvalue weighted by Gasteiger charge is -2.22. The molecular weight excluding hydrogens is 244 g/mol. The average Bonchev–Trinajstić information content (AvgIpc) is 2.47. The van der Waals surface area contributed by atoms with Gasteiger partial charge in [0.1, 0.15) is 0 Å². The van der Waals surface area contributed by atoms with Gasteiger partial charge in [-0.05, 0) is 48.7 Å². The molecule has 0 aliphatic carbocycles. The van der Waals surface area contributed by atoms with Crippen molar-refractivity contribution in [3.05, 3.63) is 54.6 Å². The molecule has 0 saturated carbocycles. The molecule has 0 heterocycles. The molecule has 106 valence electrons. The summed E-state index contributed by atoms with van der Waals surface area (Å²) in [6.07, 6.45) is 1.14. The summed E-state index contributed by atoms with van der Waals surface area (Å²) >= 11 is 0. The van der Waals surface area contributed by atoms with Crippen LogP contribution in [0.15, 0.2) is 54.6 Å². The highest BCUT2D eigenvalue weighted by Gasteiger charge is 2.10. The minimum atomic E-state index is 0.530. The van der Waals surface area contributed by atoms with E-state index in [0.717, 1.165) is 17.8 Å². The monoisotopic (exact) mass is 268 g/mol. The Hall–Kier alpha value is -1.96. The lowest BCUT2D eigenvalue weighted by molar-refractivity contribution is 0.511. The zero-order valence-corrected chi connectivity index (χ0v) is 12.6. The van der Waals surface area contributed by atoms with Crippen molar-refractivity contribution < 1.29 is 0 Å². The first-order valence-corrected chi connectivity index (χ1v) is 7.37. The molecule has 0 fully saturated rings. The zero-order valence-electron chi connectivity index (χ0n) is 12.6. The number of anilines is 3. The van der Waals surface area contributed by atoms with E-state index in [0.29, 0.717) is 12.0 Å². The van der Waals surface area contributed by atoms with Crippen LogP contribution in [0.4, 0.5) is 17.1 Å². The summed E-state index contributed by atoms with van der Waals surface area (Å²) in [6.45, 7) is 6.74. The fourth-order valence-electron chi connectivity index (χ4n) is 2.29. The van der Waals surface area contributed by atoms with Gasteiger partial charge in [-0.1, -0.05) is 39.0 Å². The topological polar surface area (TPSA) is 24.1 Å². The number of nitrogens with one attached hydrogen (secondary N) is 2. The van der Waals surface area contributed by atoms with Gasteiger partial charge in [-0.25, -0.2) is 0 Å². The smallest absolute Gasteiger partial charge is 0.0385 e. The molecule has 0 spiro atoms. The van der Waals surface area contributed by atoms with Gasteiger partial charge in [0.05, 0.1) is 0 Å². The molecule has 1 unspecified atom stereocenters. The third-order valence-electron chi connectivity index (χ3n) is 3.54. The molecule has 0 bridgehead atoms. The second kappa shape index (κ2) is 6.99. The highest BCUT2D eigenvalue weighted by molar-refractivity contribution is 5.62. The number of benzene rings is 2. The molecule has 0 aromatic heterocycles. The van der Waals surface area contributed by atoms with E-state index in [1.807, 2.05) is 18.2 Å². The van der Waals surface area contributed by atoms with Gasteiger partial charge < -0.3 is 10.6 Å². The Morgan fingerprint density at radius 3 is 1.90 bits per heavy atom. The Labute approximate surface area is 122 Å². The average molecular weight is 268 g/mol. The van der Waals surface area contributed by atoms with Crippen molar-refractivity contribution in [1.82, 2.24) is 0 Å². The molecule has 1 atom stereocenters. The van der Waals surface area contributed by atoms with Crippen LogP contribution in [0.5, 0.6) is 0 Å². The van der Waals surface area contributed by atoms with Crippen LogP contribution in [0.3, 0.4) is 0 Å². The van der Waals surface area contributed by atoms with Crippen LogP contribution in [-0.4, -0.2) is 6.04 Å². The van der Waals surface area contributed by atoms with Crippen molar-refractivity contribution in [1.29, 1.82) is 0 Å². The van der Waals surface area contributed by atoms with E-state index < -0.39 is 0 Å². The maximum Gasteiger partial charge on any atom is 0.0385 e. The van der Waals surface area contributed by atoms with Gasteiger partial charge in [0.2, 0.25) is 0 Å². The third kappa shape index (κ3) is 4.02. The van der Waals surface area contributed by atoms with Crippen molar-refractivity contribution in [2.24, 2.45) is 5.92 Å². The first-order valence-electron chi connectivity index (χ1n) is 7.37. The number of para-hydroxylation sites is 1. The standard InChI is InChI=1S/C18H24N2/c1-4-18(14(2)3)20-17-12-10-16(11-13-17)19-15-8-6-5-7-9-15/h5-14,18-20H,4H2,1-3H3. The molecule has 0 saturated heterocycles. The zero-order chi connectivity index (χ0) is 14.4. The Morgan fingerprint density at radius 1 is 0.800 bits per heavy atom. The molecular formula is C18H24N2. The molecule has 0 aliphatic heterocycles. The quantitative estimate of drug-likeness (QED) is 0.745. The molecule has 0 amide bonds. The first-order chi connectivity index (χ1) is 9.69. The molecule has 2 heteroatoms. The van der Waals surface area contributed by atoms with Crippen LogP contribution in [0.1, 0.15) is 27.2 Å². The van der Waals surface area contributed by atoms with Gasteiger partial charge in [0.15, 0.2) is 0 Å². The summed E-state index contributed by atoms with van der Waals surface area (Å²) in [7, 11) is 0. The van der Waals surface area contributed by atoms with E-state index >= 15 is 0 Å². The van der Waals surface area contributed by atoms with Crippen LogP contribution >= 0.6 is 0 Å². The number of rotatable bonds is 6. The number of hydrogen-bond donors (Lipinski definition) is 2. The second-order valence-corrected chi connectivity index (χ2v) is 5.47. The Bertz CT molecular complexity index is 503. The summed E-state index contributed by atoms with van der Waals surface area (Å²) in [6, 6.07) is 19.3. The lowest BCUT2D eigenvalue weighted by Crippen LogP contribution is -2.24. The highest BCUT2D eigenvalue weighted by atomic mass is 14.9. The van der Waals surface area contributed by atoms with Gasteiger partial charge in [-0.2, -0.15) is 0 Å². The summed E-state index contributed by atoms with van der Waals surface area (Å²) in [4.78, 5) is 0. The maximum atomic E-state index is 3.59. The largest absolute Gasteiger partial charge is 0.382 e. The normalized spacial score (nSPS) is 12.2. The van der Waals surface area contributed by atoms with E-state index in [1.165, 1.54) is 5.69 Å². The van der Waals surface area contributed by atoms with Crippen molar-refractivity contribution in [3.63, 3.8) is 0 Å². The molecule has 2 N–H and O–H groups in total. The van der Waals surface area contributed by atoms with Crippen molar-refractivity contribution in [3.8, 4) is 0 Å². The fraction of sp³-hybridized carbons (Fsp3) is 0.333.